The lowest BCUT2D eigenvalue weighted by atomic mass is 10.1. The van der Waals surface area contributed by atoms with E-state index in [0.29, 0.717) is 22.8 Å². The smallest absolute Gasteiger partial charge is 0.217 e. The maximum absolute atomic E-state index is 12.5. The van der Waals surface area contributed by atoms with Crippen LogP contribution in [-0.4, -0.2) is 29.7 Å². The zero-order valence-corrected chi connectivity index (χ0v) is 15.0. The van der Waals surface area contributed by atoms with E-state index in [-0.39, 0.29) is 9.26 Å². The summed E-state index contributed by atoms with van der Waals surface area (Å²) in [6.45, 7) is 0. The van der Waals surface area contributed by atoms with Crippen molar-refractivity contribution in [3.8, 4) is 17.2 Å². The van der Waals surface area contributed by atoms with Crippen molar-refractivity contribution in [2.24, 2.45) is 0 Å². The van der Waals surface area contributed by atoms with Crippen LogP contribution in [0.3, 0.4) is 0 Å². The molecule has 0 aliphatic heterocycles. The van der Waals surface area contributed by atoms with Crippen LogP contribution < -0.4 is 14.2 Å². The lowest BCUT2D eigenvalue weighted by Crippen LogP contribution is -2.01. The highest BCUT2D eigenvalue weighted by Gasteiger charge is 2.20. The molecule has 0 amide bonds. The summed E-state index contributed by atoms with van der Waals surface area (Å²) in [5.74, 6) is 1.31. The van der Waals surface area contributed by atoms with Crippen LogP contribution in [-0.2, 0) is 9.84 Å². The first-order valence-corrected chi connectivity index (χ1v) is 8.77. The second kappa shape index (κ2) is 7.59. The Balaban J connectivity index is 2.54. The molecule has 0 spiro atoms. The second-order valence-corrected chi connectivity index (χ2v) is 7.26. The Hall–Kier alpha value is -2.18. The minimum atomic E-state index is -3.80. The number of sulfone groups is 1. The van der Waals surface area contributed by atoms with Gasteiger partial charge in [-0.05, 0) is 24.3 Å². The first-order chi connectivity index (χ1) is 11.4. The number of hydrogen-bond donors (Lipinski definition) is 0. The van der Waals surface area contributed by atoms with Gasteiger partial charge in [-0.3, -0.25) is 0 Å². The fourth-order valence-electron chi connectivity index (χ4n) is 2.08. The molecule has 24 heavy (non-hydrogen) atoms. The molecule has 0 saturated carbocycles. The highest BCUT2D eigenvalue weighted by atomic mass is 35.5. The summed E-state index contributed by atoms with van der Waals surface area (Å²) in [6, 6.07) is 11.2. The molecule has 0 saturated heterocycles. The lowest BCUT2D eigenvalue weighted by molar-refractivity contribution is 0.348. The Morgan fingerprint density at radius 2 is 1.46 bits per heavy atom. The summed E-state index contributed by atoms with van der Waals surface area (Å²) in [7, 11) is 0.658. The van der Waals surface area contributed by atoms with Crippen molar-refractivity contribution in [3.63, 3.8) is 0 Å². The third kappa shape index (κ3) is 3.66. The fourth-order valence-corrected chi connectivity index (χ4v) is 3.49. The summed E-state index contributed by atoms with van der Waals surface area (Å²) in [5.41, 5.74) is 0.458. The van der Waals surface area contributed by atoms with E-state index in [9.17, 15) is 8.42 Å². The Morgan fingerprint density at radius 1 is 0.917 bits per heavy atom. The molecule has 0 aromatic heterocycles. The Morgan fingerprint density at radius 3 is 2.00 bits per heavy atom. The van der Waals surface area contributed by atoms with Crippen molar-refractivity contribution < 1.29 is 22.6 Å². The van der Waals surface area contributed by atoms with Crippen LogP contribution in [0.25, 0.3) is 6.08 Å². The number of methoxy groups -OCH3 is 3. The normalized spacial score (nSPS) is 11.9. The second-order valence-electron chi connectivity index (χ2n) is 4.71. The summed E-state index contributed by atoms with van der Waals surface area (Å²) in [6.07, 6.45) is 1.32. The molecule has 0 atom stereocenters. The zero-order chi connectivity index (χ0) is 17.7. The van der Waals surface area contributed by atoms with Gasteiger partial charge in [-0.25, -0.2) is 8.42 Å². The molecule has 0 N–H and O–H groups in total. The molecule has 2 rings (SSSR count). The number of hydrogen-bond acceptors (Lipinski definition) is 5. The van der Waals surface area contributed by atoms with Crippen LogP contribution in [0.2, 0.25) is 0 Å². The van der Waals surface area contributed by atoms with Crippen LogP contribution in [0.5, 0.6) is 17.2 Å². The monoisotopic (exact) mass is 368 g/mol. The van der Waals surface area contributed by atoms with Gasteiger partial charge in [-0.15, -0.1) is 0 Å². The van der Waals surface area contributed by atoms with E-state index in [1.807, 2.05) is 0 Å². The molecule has 0 bridgehead atoms. The minimum Gasteiger partial charge on any atom is -0.496 e. The van der Waals surface area contributed by atoms with Crippen molar-refractivity contribution in [1.82, 2.24) is 0 Å². The van der Waals surface area contributed by atoms with Gasteiger partial charge >= 0.3 is 0 Å². The van der Waals surface area contributed by atoms with E-state index in [2.05, 4.69) is 0 Å². The SMILES string of the molecule is COc1cc(OC)c(OC)cc1/C=C(\Cl)S(=O)(=O)c1ccccc1. The zero-order valence-electron chi connectivity index (χ0n) is 13.4. The van der Waals surface area contributed by atoms with Crippen LogP contribution in [0.1, 0.15) is 5.56 Å². The van der Waals surface area contributed by atoms with Crippen molar-refractivity contribution >= 4 is 27.5 Å². The molecule has 5 nitrogen and oxygen atoms in total. The van der Waals surface area contributed by atoms with Crippen molar-refractivity contribution in [2.75, 3.05) is 21.3 Å². The molecule has 0 heterocycles. The highest BCUT2D eigenvalue weighted by molar-refractivity contribution is 7.97. The molecule has 7 heteroatoms. The Kier molecular flexibility index (Phi) is 5.75. The van der Waals surface area contributed by atoms with Gasteiger partial charge in [0.25, 0.3) is 0 Å². The van der Waals surface area contributed by atoms with E-state index in [1.165, 1.54) is 39.5 Å². The number of ether oxygens (including phenoxy) is 3. The maximum atomic E-state index is 12.5. The van der Waals surface area contributed by atoms with Gasteiger partial charge < -0.3 is 14.2 Å². The molecule has 0 fully saturated rings. The van der Waals surface area contributed by atoms with E-state index >= 15 is 0 Å². The Labute approximate surface area is 146 Å². The predicted molar refractivity (Wildman–Crippen MR) is 93.6 cm³/mol. The molecular weight excluding hydrogens is 352 g/mol. The van der Waals surface area contributed by atoms with Gasteiger partial charge in [0.05, 0.1) is 26.2 Å². The van der Waals surface area contributed by atoms with Gasteiger partial charge in [0.2, 0.25) is 9.84 Å². The largest absolute Gasteiger partial charge is 0.496 e. The van der Waals surface area contributed by atoms with Crippen molar-refractivity contribution in [3.05, 3.63) is 52.4 Å². The quantitative estimate of drug-likeness (QED) is 0.777. The topological polar surface area (TPSA) is 61.8 Å². The molecule has 0 aliphatic carbocycles. The molecular formula is C17H17ClO5S. The van der Waals surface area contributed by atoms with E-state index in [4.69, 9.17) is 25.8 Å². The third-order valence-electron chi connectivity index (χ3n) is 3.32. The first-order valence-electron chi connectivity index (χ1n) is 6.91. The summed E-state index contributed by atoms with van der Waals surface area (Å²) in [5, 5.41) is 0. The van der Waals surface area contributed by atoms with Crippen LogP contribution in [0.4, 0.5) is 0 Å². The molecule has 0 unspecified atom stereocenters. The average Bonchev–Trinajstić information content (AvgIpc) is 2.61. The third-order valence-corrected chi connectivity index (χ3v) is 5.56. The first kappa shape index (κ1) is 18.2. The fraction of sp³-hybridized carbons (Fsp3) is 0.176. The standard InChI is InChI=1S/C17H17ClO5S/c1-21-14-11-16(23-3)15(22-2)9-12(14)10-17(18)24(19,20)13-7-5-4-6-8-13/h4-11H,1-3H3/b17-10+. The number of rotatable bonds is 6. The Bertz CT molecular complexity index is 845. The van der Waals surface area contributed by atoms with Crippen LogP contribution in [0, 0.1) is 0 Å². The summed E-state index contributed by atoms with van der Waals surface area (Å²) < 4.78 is 40.4. The van der Waals surface area contributed by atoms with E-state index < -0.39 is 9.84 Å². The van der Waals surface area contributed by atoms with Crippen LogP contribution >= 0.6 is 11.6 Å². The van der Waals surface area contributed by atoms with Crippen molar-refractivity contribution in [1.29, 1.82) is 0 Å². The molecule has 0 aliphatic rings. The highest BCUT2D eigenvalue weighted by Crippen LogP contribution is 2.37. The number of benzene rings is 2. The molecule has 128 valence electrons. The molecule has 2 aromatic rings. The van der Waals surface area contributed by atoms with Crippen molar-refractivity contribution in [2.45, 2.75) is 4.90 Å². The van der Waals surface area contributed by atoms with Gasteiger partial charge in [0, 0.05) is 11.6 Å². The maximum Gasteiger partial charge on any atom is 0.217 e. The van der Waals surface area contributed by atoms with E-state index in [1.54, 1.807) is 30.3 Å². The van der Waals surface area contributed by atoms with Gasteiger partial charge in [0.1, 0.15) is 10.1 Å². The van der Waals surface area contributed by atoms with Gasteiger partial charge in [-0.1, -0.05) is 29.8 Å². The van der Waals surface area contributed by atoms with E-state index in [0.717, 1.165) is 0 Å². The predicted octanol–water partition coefficient (Wildman–Crippen LogP) is 3.72. The lowest BCUT2D eigenvalue weighted by Gasteiger charge is -2.12. The average molecular weight is 369 g/mol. The summed E-state index contributed by atoms with van der Waals surface area (Å²) in [4.78, 5) is 0.116. The van der Waals surface area contributed by atoms with Gasteiger partial charge in [0.15, 0.2) is 11.5 Å². The number of halogens is 1. The van der Waals surface area contributed by atoms with Crippen LogP contribution in [0.15, 0.2) is 51.7 Å². The minimum absolute atomic E-state index is 0.116. The summed E-state index contributed by atoms with van der Waals surface area (Å²) >= 11 is 6.09. The molecule has 0 radical (unpaired) electrons. The molecule has 2 aromatic carbocycles. The van der Waals surface area contributed by atoms with Gasteiger partial charge in [-0.2, -0.15) is 0 Å².